The molecule has 2 N–H and O–H groups in total. The fourth-order valence-electron chi connectivity index (χ4n) is 5.11. The van der Waals surface area contributed by atoms with E-state index in [1.165, 1.54) is 4.90 Å². The van der Waals surface area contributed by atoms with Gasteiger partial charge in [0.1, 0.15) is 12.6 Å². The fourth-order valence-corrected chi connectivity index (χ4v) is 5.11. The summed E-state index contributed by atoms with van der Waals surface area (Å²) < 4.78 is 5.59. The molecule has 1 saturated heterocycles. The smallest absolute Gasteiger partial charge is 0.407 e. The maximum absolute atomic E-state index is 13.2. The minimum atomic E-state index is -0.932. The number of nitrogens with one attached hydrogen (secondary N) is 1. The molecule has 2 aliphatic rings. The molecule has 3 atom stereocenters. The van der Waals surface area contributed by atoms with Crippen LogP contribution in [0.1, 0.15) is 43.2 Å². The number of nitrogens with zero attached hydrogens (tertiary/aromatic N) is 2. The van der Waals surface area contributed by atoms with Gasteiger partial charge < -0.3 is 20.1 Å². The molecule has 2 amide bonds. The lowest BCUT2D eigenvalue weighted by Crippen LogP contribution is -2.48. The normalized spacial score (nSPS) is 19.4. The predicted molar refractivity (Wildman–Crippen MR) is 128 cm³/mol. The van der Waals surface area contributed by atoms with E-state index in [1.807, 2.05) is 42.5 Å². The predicted octanol–water partition coefficient (Wildman–Crippen LogP) is 3.77. The van der Waals surface area contributed by atoms with Gasteiger partial charge >= 0.3 is 12.1 Å². The molecule has 1 unspecified atom stereocenters. The topological polar surface area (TPSA) is 120 Å². The fraction of sp³-hybridized carbons (Fsp3) is 0.407. The molecule has 1 fully saturated rings. The highest BCUT2D eigenvalue weighted by molar-refractivity contribution is 5.87. The molecule has 35 heavy (non-hydrogen) atoms. The van der Waals surface area contributed by atoms with Crippen LogP contribution in [-0.2, 0) is 14.3 Å². The molecule has 8 heteroatoms. The zero-order chi connectivity index (χ0) is 24.9. The van der Waals surface area contributed by atoms with Gasteiger partial charge in [-0.3, -0.25) is 9.59 Å². The minimum Gasteiger partial charge on any atom is -0.481 e. The van der Waals surface area contributed by atoms with Crippen LogP contribution in [0.5, 0.6) is 0 Å². The van der Waals surface area contributed by atoms with Crippen molar-refractivity contribution in [2.75, 3.05) is 19.7 Å². The molecule has 1 heterocycles. The second-order valence-corrected chi connectivity index (χ2v) is 9.24. The molecule has 2 aromatic rings. The second-order valence-electron chi connectivity index (χ2n) is 9.24. The summed E-state index contributed by atoms with van der Waals surface area (Å²) >= 11 is 0. The van der Waals surface area contributed by atoms with Crippen LogP contribution in [0.4, 0.5) is 4.79 Å². The molecule has 0 saturated carbocycles. The van der Waals surface area contributed by atoms with Crippen molar-refractivity contribution in [3.63, 3.8) is 0 Å². The summed E-state index contributed by atoms with van der Waals surface area (Å²) in [5, 5.41) is 20.9. The van der Waals surface area contributed by atoms with Gasteiger partial charge in [0.25, 0.3) is 0 Å². The van der Waals surface area contributed by atoms with E-state index in [0.29, 0.717) is 13.0 Å². The van der Waals surface area contributed by atoms with Crippen molar-refractivity contribution in [2.45, 2.75) is 38.1 Å². The molecule has 1 aliphatic carbocycles. The van der Waals surface area contributed by atoms with E-state index in [4.69, 9.17) is 10.00 Å². The van der Waals surface area contributed by atoms with Crippen LogP contribution in [0.3, 0.4) is 0 Å². The summed E-state index contributed by atoms with van der Waals surface area (Å²) in [5.74, 6) is -2.18. The van der Waals surface area contributed by atoms with Crippen LogP contribution in [0.25, 0.3) is 11.1 Å². The molecule has 182 valence electrons. The Morgan fingerprint density at radius 2 is 1.74 bits per heavy atom. The van der Waals surface area contributed by atoms with Crippen molar-refractivity contribution in [3.05, 3.63) is 59.7 Å². The van der Waals surface area contributed by atoms with Crippen molar-refractivity contribution < 1.29 is 24.2 Å². The third kappa shape index (κ3) is 5.14. The van der Waals surface area contributed by atoms with Gasteiger partial charge in [-0.05, 0) is 41.0 Å². The first kappa shape index (κ1) is 24.3. The number of hydrogen-bond acceptors (Lipinski definition) is 5. The van der Waals surface area contributed by atoms with Crippen molar-refractivity contribution in [1.82, 2.24) is 10.2 Å². The summed E-state index contributed by atoms with van der Waals surface area (Å²) in [5.41, 5.74) is 4.43. The number of amides is 2. The molecule has 0 bridgehead atoms. The summed E-state index contributed by atoms with van der Waals surface area (Å²) in [6.45, 7) is 2.35. The number of benzene rings is 2. The Balaban J connectivity index is 1.42. The zero-order valence-electron chi connectivity index (χ0n) is 19.6. The first-order valence-electron chi connectivity index (χ1n) is 11.9. The van der Waals surface area contributed by atoms with Gasteiger partial charge in [-0.2, -0.15) is 5.26 Å². The summed E-state index contributed by atoms with van der Waals surface area (Å²) in [7, 11) is 0. The number of hydrogen-bond donors (Lipinski definition) is 2. The number of carboxylic acids is 1. The Morgan fingerprint density at radius 3 is 2.31 bits per heavy atom. The number of carboxylic acid groups (broad SMARTS) is 1. The number of likely N-dealkylation sites (tertiary alicyclic amines) is 1. The number of fused-ring (bicyclic) bond motifs is 3. The lowest BCUT2D eigenvalue weighted by Gasteiger charge is -2.24. The lowest BCUT2D eigenvalue weighted by molar-refractivity contribution is -0.142. The monoisotopic (exact) mass is 475 g/mol. The van der Waals surface area contributed by atoms with Crippen LogP contribution in [-0.4, -0.2) is 53.7 Å². The van der Waals surface area contributed by atoms with Crippen molar-refractivity contribution in [2.24, 2.45) is 11.8 Å². The standard InChI is InChI=1S/C27H29N3O5/c1-17-14-30(15-22(17)26(32)33)25(31)24(12-6-7-13-28)29-27(34)35-16-23-20-10-4-2-8-18(20)19-9-3-5-11-21(19)23/h2-5,8-11,17,22-24H,6-7,12,14-16H2,1H3,(H,29,34)(H,32,33)/t17-,22-,24?/m1/s1. The molecular formula is C27H29N3O5. The van der Waals surface area contributed by atoms with Crippen molar-refractivity contribution >= 4 is 18.0 Å². The summed E-state index contributed by atoms with van der Waals surface area (Å²) in [6.07, 6.45) is 0.260. The lowest BCUT2D eigenvalue weighted by atomic mass is 9.98. The Hall–Kier alpha value is -3.86. The van der Waals surface area contributed by atoms with Crippen LogP contribution >= 0.6 is 0 Å². The van der Waals surface area contributed by atoms with Crippen LogP contribution < -0.4 is 5.32 Å². The Morgan fingerprint density at radius 1 is 1.11 bits per heavy atom. The highest BCUT2D eigenvalue weighted by atomic mass is 16.5. The van der Waals surface area contributed by atoms with Gasteiger partial charge in [0.15, 0.2) is 0 Å². The molecule has 8 nitrogen and oxygen atoms in total. The average molecular weight is 476 g/mol. The number of alkyl carbamates (subject to hydrolysis) is 1. The van der Waals surface area contributed by atoms with Crippen LogP contribution in [0, 0.1) is 23.2 Å². The van der Waals surface area contributed by atoms with Crippen LogP contribution in [0.2, 0.25) is 0 Å². The third-order valence-electron chi connectivity index (χ3n) is 6.96. The van der Waals surface area contributed by atoms with Gasteiger partial charge in [0.2, 0.25) is 5.91 Å². The number of carbonyl (C=O) groups is 3. The SMILES string of the molecule is C[C@@H]1CN(C(=O)C(CCCC#N)NC(=O)OCC2c3ccccc3-c3ccccc32)C[C@H]1C(=O)O. The van der Waals surface area contributed by atoms with Gasteiger partial charge in [-0.1, -0.05) is 55.5 Å². The highest BCUT2D eigenvalue weighted by Crippen LogP contribution is 2.44. The minimum absolute atomic E-state index is 0.100. The first-order valence-corrected chi connectivity index (χ1v) is 11.9. The third-order valence-corrected chi connectivity index (χ3v) is 6.96. The molecule has 4 rings (SSSR count). The second kappa shape index (κ2) is 10.6. The zero-order valence-corrected chi connectivity index (χ0v) is 19.6. The number of nitriles is 1. The number of aliphatic carboxylic acids is 1. The molecule has 0 spiro atoms. The van der Waals surface area contributed by atoms with E-state index in [2.05, 4.69) is 17.4 Å². The molecule has 1 aliphatic heterocycles. The van der Waals surface area contributed by atoms with Gasteiger partial charge in [-0.15, -0.1) is 0 Å². The number of carbonyl (C=O) groups excluding carboxylic acids is 2. The summed E-state index contributed by atoms with van der Waals surface area (Å²) in [4.78, 5) is 38.9. The molecular weight excluding hydrogens is 446 g/mol. The average Bonchev–Trinajstić information content (AvgIpc) is 3.40. The Kier molecular flexibility index (Phi) is 7.35. The largest absolute Gasteiger partial charge is 0.481 e. The van der Waals surface area contributed by atoms with Gasteiger partial charge in [-0.25, -0.2) is 4.79 Å². The Bertz CT molecular complexity index is 1110. The van der Waals surface area contributed by atoms with E-state index in [1.54, 1.807) is 6.92 Å². The van der Waals surface area contributed by atoms with Gasteiger partial charge in [0.05, 0.1) is 12.0 Å². The molecule has 2 aromatic carbocycles. The number of unbranched alkanes of at least 4 members (excludes halogenated alkanes) is 1. The maximum atomic E-state index is 13.2. The van der Waals surface area contributed by atoms with Gasteiger partial charge in [0, 0.05) is 25.4 Å². The van der Waals surface area contributed by atoms with E-state index >= 15 is 0 Å². The number of rotatable bonds is 8. The van der Waals surface area contributed by atoms with E-state index in [9.17, 15) is 19.5 Å². The first-order chi connectivity index (χ1) is 16.9. The summed E-state index contributed by atoms with van der Waals surface area (Å²) in [6, 6.07) is 17.2. The molecule has 0 aromatic heterocycles. The van der Waals surface area contributed by atoms with E-state index < -0.39 is 24.0 Å². The van der Waals surface area contributed by atoms with Crippen molar-refractivity contribution in [3.8, 4) is 17.2 Å². The molecule has 0 radical (unpaired) electrons. The van der Waals surface area contributed by atoms with E-state index in [-0.39, 0.29) is 43.7 Å². The highest BCUT2D eigenvalue weighted by Gasteiger charge is 2.39. The Labute approximate surface area is 204 Å². The van der Waals surface area contributed by atoms with Crippen LogP contribution in [0.15, 0.2) is 48.5 Å². The maximum Gasteiger partial charge on any atom is 0.407 e. The number of ether oxygens (including phenoxy) is 1. The quantitative estimate of drug-likeness (QED) is 0.561. The van der Waals surface area contributed by atoms with Crippen molar-refractivity contribution in [1.29, 1.82) is 5.26 Å². The van der Waals surface area contributed by atoms with E-state index in [0.717, 1.165) is 22.3 Å².